The van der Waals surface area contributed by atoms with Crippen LogP contribution in [0.1, 0.15) is 22.3 Å². The first kappa shape index (κ1) is 40.6. The van der Waals surface area contributed by atoms with Gasteiger partial charge in [-0.25, -0.2) is 0 Å². The molecule has 0 saturated carbocycles. The zero-order chi connectivity index (χ0) is 43.3. The molecule has 0 aliphatic heterocycles. The van der Waals surface area contributed by atoms with Crippen LogP contribution < -0.4 is 0 Å². The van der Waals surface area contributed by atoms with Gasteiger partial charge in [0.25, 0.3) is 0 Å². The second-order valence-corrected chi connectivity index (χ2v) is 24.9. The summed E-state index contributed by atoms with van der Waals surface area (Å²) >= 11 is -2.40. The minimum absolute atomic E-state index is 1.22. The third-order valence-electron chi connectivity index (χ3n) is 12.8. The second-order valence-electron chi connectivity index (χ2n) is 16.8. The Hall–Kier alpha value is -6.21. The molecule has 0 spiro atoms. The third kappa shape index (κ3) is 7.27. The maximum atomic E-state index is 6.26. The molecule has 0 unspecified atom stereocenters. The van der Waals surface area contributed by atoms with Crippen molar-refractivity contribution in [2.75, 3.05) is 0 Å². The number of hydrogen-bond acceptors (Lipinski definition) is 0. The van der Waals surface area contributed by atoms with E-state index in [1.807, 2.05) is 12.1 Å². The first-order chi connectivity index (χ1) is 31.4. The van der Waals surface area contributed by atoms with Crippen molar-refractivity contribution < 1.29 is 18.9 Å². The van der Waals surface area contributed by atoms with Crippen LogP contribution in [-0.4, -0.2) is 3.21 Å². The molecule has 12 aromatic carbocycles. The quantitative estimate of drug-likeness (QED) is 0.120. The van der Waals surface area contributed by atoms with E-state index in [2.05, 4.69) is 220 Å². The molecular formula is C61H42Cl2Zr-2. The molecule has 12 aromatic rings. The maximum absolute atomic E-state index is 6.26. The van der Waals surface area contributed by atoms with Gasteiger partial charge in [-0.05, 0) is 66.3 Å². The Morgan fingerprint density at radius 2 is 0.641 bits per heavy atom. The molecule has 1 aliphatic carbocycles. The van der Waals surface area contributed by atoms with E-state index in [4.69, 9.17) is 17.0 Å². The van der Waals surface area contributed by atoms with Gasteiger partial charge >= 0.3 is 110 Å². The fourth-order valence-corrected chi connectivity index (χ4v) is 14.5. The Bertz CT molecular complexity index is 3540. The van der Waals surface area contributed by atoms with Gasteiger partial charge in [-0.1, -0.05) is 134 Å². The summed E-state index contributed by atoms with van der Waals surface area (Å²) in [4.78, 5) is 0. The Morgan fingerprint density at radius 1 is 0.297 bits per heavy atom. The predicted octanol–water partition coefficient (Wildman–Crippen LogP) is 17.8. The van der Waals surface area contributed by atoms with Crippen molar-refractivity contribution in [1.29, 1.82) is 0 Å². The summed E-state index contributed by atoms with van der Waals surface area (Å²) in [6.45, 7) is 4.34. The third-order valence-corrected chi connectivity index (χ3v) is 17.3. The predicted molar refractivity (Wildman–Crippen MR) is 276 cm³/mol. The number of benzene rings is 10. The molecule has 0 amide bonds. The van der Waals surface area contributed by atoms with E-state index in [9.17, 15) is 0 Å². The molecule has 0 N–H and O–H groups in total. The summed E-state index contributed by atoms with van der Waals surface area (Å²) in [7, 11) is 12.5. The molecule has 0 nitrogen and oxygen atoms in total. The van der Waals surface area contributed by atoms with Gasteiger partial charge in [-0.2, -0.15) is 12.1 Å². The molecule has 0 saturated heterocycles. The van der Waals surface area contributed by atoms with Gasteiger partial charge in [-0.3, -0.25) is 0 Å². The van der Waals surface area contributed by atoms with Gasteiger partial charge < -0.3 is 0 Å². The average molecular weight is 937 g/mol. The topological polar surface area (TPSA) is 0 Å². The number of hydrogen-bond donors (Lipinski definition) is 0. The van der Waals surface area contributed by atoms with Gasteiger partial charge in [0.1, 0.15) is 0 Å². The van der Waals surface area contributed by atoms with Crippen molar-refractivity contribution in [3.05, 3.63) is 241 Å². The molecule has 0 radical (unpaired) electrons. The van der Waals surface area contributed by atoms with E-state index >= 15 is 0 Å². The van der Waals surface area contributed by atoms with Crippen molar-refractivity contribution in [3.8, 4) is 33.4 Å². The first-order valence-corrected chi connectivity index (χ1v) is 29.4. The molecule has 0 aromatic heterocycles. The van der Waals surface area contributed by atoms with Crippen LogP contribution in [0.3, 0.4) is 0 Å². The molecule has 13 rings (SSSR count). The molecule has 0 bridgehead atoms. The Kier molecular flexibility index (Phi) is 10.8. The van der Waals surface area contributed by atoms with E-state index < -0.39 is 18.9 Å². The molecule has 0 atom stereocenters. The number of rotatable bonds is 2. The molecule has 0 heterocycles. The number of halogens is 2. The summed E-state index contributed by atoms with van der Waals surface area (Å²) in [5.41, 5.74) is 12.9. The van der Waals surface area contributed by atoms with Crippen LogP contribution in [0.2, 0.25) is 0 Å². The summed E-state index contributed by atoms with van der Waals surface area (Å²) < 4.78 is 1.22. The van der Waals surface area contributed by atoms with Crippen LogP contribution >= 0.6 is 17.0 Å². The Morgan fingerprint density at radius 3 is 1.06 bits per heavy atom. The first-order valence-electron chi connectivity index (χ1n) is 21.8. The molecule has 64 heavy (non-hydrogen) atoms. The van der Waals surface area contributed by atoms with Crippen molar-refractivity contribution in [1.82, 2.24) is 0 Å². The second kappa shape index (κ2) is 17.1. The van der Waals surface area contributed by atoms with Crippen LogP contribution in [0.5, 0.6) is 0 Å². The summed E-state index contributed by atoms with van der Waals surface area (Å²) in [5, 5.41) is 15.9. The van der Waals surface area contributed by atoms with E-state index in [1.54, 1.807) is 0 Å². The van der Waals surface area contributed by atoms with Crippen molar-refractivity contribution in [3.63, 3.8) is 0 Å². The normalized spacial score (nSPS) is 11.7. The van der Waals surface area contributed by atoms with Crippen LogP contribution in [0.25, 0.3) is 98.0 Å². The number of fused-ring (bicyclic) bond motifs is 11. The van der Waals surface area contributed by atoms with Crippen LogP contribution in [0, 0.1) is 13.8 Å². The fourth-order valence-electron chi connectivity index (χ4n) is 10.0. The zero-order valence-corrected chi connectivity index (χ0v) is 39.5. The molecule has 306 valence electrons. The molecule has 3 heteroatoms. The molecule has 1 aliphatic rings. The minimum atomic E-state index is -2.40. The van der Waals surface area contributed by atoms with E-state index in [1.165, 1.54) is 123 Å². The van der Waals surface area contributed by atoms with Crippen molar-refractivity contribution >= 4 is 84.9 Å². The fraction of sp³-hybridized carbons (Fsp3) is 0.0328. The summed E-state index contributed by atoms with van der Waals surface area (Å²) in [6.07, 6.45) is 0. The summed E-state index contributed by atoms with van der Waals surface area (Å²) in [6, 6.07) is 78.6. The molecular weight excluding hydrogens is 895 g/mol. The van der Waals surface area contributed by atoms with Gasteiger partial charge in [0.15, 0.2) is 0 Å². The van der Waals surface area contributed by atoms with Crippen molar-refractivity contribution in [2.24, 2.45) is 0 Å². The van der Waals surface area contributed by atoms with E-state index in [-0.39, 0.29) is 0 Å². The Labute approximate surface area is 388 Å². The van der Waals surface area contributed by atoms with Gasteiger partial charge in [0.05, 0.1) is 0 Å². The standard InChI is InChI=1S/2C24H17.C13H8.2ClH.Zr/c2*1-16-13-17-8-6-12-22(23(17)14-16)24-15-18-7-2-3-9-19(18)20-10-4-5-11-21(20)24;1-3-7-12-10(5-1)9-11-6-2-4-8-13(11)12;;;/h2*2-15H,1H3;1-8H;2*1H;/q2*-1;;;;+2/p-2. The summed E-state index contributed by atoms with van der Waals surface area (Å²) in [5.74, 6) is 0. The number of aryl methyl sites for hydroxylation is 2. The van der Waals surface area contributed by atoms with Gasteiger partial charge in [0, 0.05) is 0 Å². The van der Waals surface area contributed by atoms with Gasteiger partial charge in [-0.15, -0.1) is 69.1 Å². The van der Waals surface area contributed by atoms with Gasteiger partial charge in [0.2, 0.25) is 0 Å². The SMILES string of the molecule is Cc1cc2c(-c3cc4ccccc4c4ccccc34)cccc2[cH-]1.Cc1cc2c(-c3cc4ccccc4c4ccccc34)cccc2[cH-]1.[Cl][Zr]([Cl])=[C]1c2ccccc2-c2ccccc21. The zero-order valence-electron chi connectivity index (χ0n) is 35.5. The average Bonchev–Trinajstić information content (AvgIpc) is 4.03. The van der Waals surface area contributed by atoms with Crippen molar-refractivity contribution in [2.45, 2.75) is 13.8 Å². The Balaban J connectivity index is 0.000000109. The van der Waals surface area contributed by atoms with Crippen LogP contribution in [0.4, 0.5) is 0 Å². The van der Waals surface area contributed by atoms with Crippen LogP contribution in [-0.2, 0) is 18.9 Å². The van der Waals surface area contributed by atoms with Crippen LogP contribution in [0.15, 0.2) is 218 Å². The monoisotopic (exact) mass is 934 g/mol. The van der Waals surface area contributed by atoms with E-state index in [0.29, 0.717) is 0 Å². The molecule has 0 fully saturated rings. The van der Waals surface area contributed by atoms with E-state index in [0.717, 1.165) is 0 Å².